The molecule has 0 aromatic carbocycles. The van der Waals surface area contributed by atoms with Gasteiger partial charge in [0, 0.05) is 58.4 Å². The monoisotopic (exact) mass is 393 g/mol. The zero-order valence-electron chi connectivity index (χ0n) is 13.7. The van der Waals surface area contributed by atoms with Crippen LogP contribution >= 0.6 is 0 Å². The Hall–Kier alpha value is 0.374. The van der Waals surface area contributed by atoms with E-state index >= 15 is 0 Å². The van der Waals surface area contributed by atoms with E-state index in [-0.39, 0.29) is 51.4 Å². The average molecular weight is 393 g/mol. The minimum atomic E-state index is -0.801. The first-order valence-electron chi connectivity index (χ1n) is 7.64. The third-order valence-electron chi connectivity index (χ3n) is 3.50. The molecule has 0 aliphatic carbocycles. The summed E-state index contributed by atoms with van der Waals surface area (Å²) in [4.78, 5) is 23.3. The Kier molecular flexibility index (Phi) is 18.2. The minimum Gasteiger partial charge on any atom is -0.481 e. The smallest absolute Gasteiger partial charge is 0.303 e. The number of rotatable bonds is 12. The Labute approximate surface area is 158 Å². The van der Waals surface area contributed by atoms with Gasteiger partial charge in [-0.25, -0.2) is 0 Å². The van der Waals surface area contributed by atoms with E-state index in [4.69, 9.17) is 14.8 Å². The van der Waals surface area contributed by atoms with Gasteiger partial charge in [-0.15, -0.1) is 0 Å². The Morgan fingerprint density at radius 1 is 1.32 bits per heavy atom. The molecular weight excluding hydrogens is 363 g/mol. The number of hydrogen-bond acceptors (Lipinski definition) is 5. The van der Waals surface area contributed by atoms with Crippen LogP contribution in [0.2, 0.25) is 0 Å². The molecule has 0 aromatic rings. The third-order valence-corrected chi connectivity index (χ3v) is 3.50. The van der Waals surface area contributed by atoms with Gasteiger partial charge in [-0.3, -0.25) is 4.79 Å². The minimum absolute atomic E-state index is 0. The zero-order valence-corrected chi connectivity index (χ0v) is 16.5. The molecule has 0 saturated carbocycles. The van der Waals surface area contributed by atoms with Gasteiger partial charge in [0.2, 0.25) is 0 Å². The van der Waals surface area contributed by atoms with Gasteiger partial charge < -0.3 is 31.5 Å². The van der Waals surface area contributed by atoms with Crippen molar-refractivity contribution in [1.29, 1.82) is 0 Å². The van der Waals surface area contributed by atoms with Crippen LogP contribution in [0.25, 0.3) is 5.64 Å². The Morgan fingerprint density at radius 3 is 2.59 bits per heavy atom. The van der Waals surface area contributed by atoms with E-state index < -0.39 is 5.97 Å². The van der Waals surface area contributed by atoms with Crippen molar-refractivity contribution in [2.24, 2.45) is 0 Å². The van der Waals surface area contributed by atoms with Crippen LogP contribution in [0.1, 0.15) is 51.9 Å². The quantitative estimate of drug-likeness (QED) is 0.390. The van der Waals surface area contributed by atoms with Crippen LogP contribution in [0.4, 0.5) is 0 Å². The van der Waals surface area contributed by atoms with Gasteiger partial charge in [-0.1, -0.05) is 19.8 Å². The van der Waals surface area contributed by atoms with Crippen molar-refractivity contribution in [3.8, 4) is 0 Å². The van der Waals surface area contributed by atoms with E-state index in [9.17, 15) is 4.79 Å². The molecule has 1 atom stereocenters. The molecule has 0 aromatic heterocycles. The molecule has 1 rings (SSSR count). The van der Waals surface area contributed by atoms with E-state index in [1.54, 1.807) is 0 Å². The van der Waals surface area contributed by atoms with Gasteiger partial charge in [0.25, 0.3) is 0 Å². The Bertz CT molecular complexity index is 266. The molecule has 1 unspecified atom stereocenters. The number of carboxylic acid groups (broad SMARTS) is 1. The van der Waals surface area contributed by atoms with Crippen molar-refractivity contribution in [3.05, 3.63) is 5.64 Å². The molecule has 0 spiro atoms. The Morgan fingerprint density at radius 2 is 2.00 bits per heavy atom. The molecule has 1 heterocycles. The average Bonchev–Trinajstić information content (AvgIpc) is 2.93. The van der Waals surface area contributed by atoms with Crippen LogP contribution in [0.5, 0.6) is 0 Å². The second-order valence-electron chi connectivity index (χ2n) is 5.26. The van der Waals surface area contributed by atoms with Crippen molar-refractivity contribution in [2.75, 3.05) is 26.2 Å². The molecule has 1 radical (unpaired) electrons. The maximum atomic E-state index is 10.6. The van der Waals surface area contributed by atoms with E-state index in [2.05, 4.69) is 17.5 Å². The summed E-state index contributed by atoms with van der Waals surface area (Å²) in [7, 11) is 0. The summed E-state index contributed by atoms with van der Waals surface area (Å²) in [5, 5.41) is 8.70. The van der Waals surface area contributed by atoms with Crippen molar-refractivity contribution in [2.45, 2.75) is 58.0 Å². The number of carboxylic acids is 1. The summed E-state index contributed by atoms with van der Waals surface area (Å²) in [6.07, 6.45) is 5.85. The summed E-state index contributed by atoms with van der Waals surface area (Å²) >= 11 is 0. The maximum Gasteiger partial charge on any atom is 0.303 e. The molecule has 22 heavy (non-hydrogen) atoms. The summed E-state index contributed by atoms with van der Waals surface area (Å²) in [5.74, 6) is -0.801. The molecule has 1 aliphatic rings. The maximum absolute atomic E-state index is 10.6. The number of aliphatic carboxylic acids is 1. The first kappa shape index (κ1) is 24.6. The van der Waals surface area contributed by atoms with Crippen molar-refractivity contribution in [3.63, 3.8) is 0 Å². The molecule has 4 N–H and O–H groups in total. The first-order chi connectivity index (χ1) is 9.72. The van der Waals surface area contributed by atoms with E-state index in [1.807, 2.05) is 0 Å². The molecule has 1 fully saturated rings. The van der Waals surface area contributed by atoms with Crippen molar-refractivity contribution >= 4 is 5.97 Å². The normalized spacial score (nSPS) is 15.9. The van der Waals surface area contributed by atoms with E-state index in [0.29, 0.717) is 13.0 Å². The van der Waals surface area contributed by atoms with Crippen molar-refractivity contribution in [1.82, 2.24) is 11.1 Å². The third kappa shape index (κ3) is 12.9. The summed E-state index contributed by atoms with van der Waals surface area (Å²) in [5.41, 5.74) is 3.64. The summed E-state index contributed by atoms with van der Waals surface area (Å²) in [6.45, 7) is 5.78. The van der Waals surface area contributed by atoms with Crippen LogP contribution in [-0.4, -0.2) is 48.3 Å². The second-order valence-corrected chi connectivity index (χ2v) is 5.26. The number of hydrogen-bond donors (Lipinski definition) is 2. The van der Waals surface area contributed by atoms with Gasteiger partial charge in [0.15, 0.2) is 0 Å². The fraction of sp³-hybridized carbons (Fsp3) is 0.929. The largest absolute Gasteiger partial charge is 0.481 e. The predicted molar refractivity (Wildman–Crippen MR) is 81.3 cm³/mol. The van der Waals surface area contributed by atoms with Gasteiger partial charge >= 0.3 is 5.97 Å². The number of nitrogens with zero attached hydrogens (tertiary/aromatic N) is 2. The summed E-state index contributed by atoms with van der Waals surface area (Å²) < 4.78 is 0. The van der Waals surface area contributed by atoms with Crippen LogP contribution in [0.3, 0.4) is 0 Å². The standard InChI is InChI=1S/C14H27N2O4.H3N.Y/c1-2-3-6-13(7-8-14(17)18)20-15-19-12-11-16-9-4-5-10-16;;/h13H,2-12H2,1H3,(H,17,18);1H3;/q-1;;. The van der Waals surface area contributed by atoms with E-state index in [1.165, 1.54) is 12.8 Å². The molecule has 0 bridgehead atoms. The summed E-state index contributed by atoms with van der Waals surface area (Å²) in [6, 6.07) is 0. The molecular formula is C14H30N3O4Y-. The molecule has 7 nitrogen and oxygen atoms in total. The topological polar surface area (TPSA) is 108 Å². The SMILES string of the molecule is CCCCC(CCC(=O)O)O[N-]OCCN1CCCC1.N.[Y]. The predicted octanol–water partition coefficient (Wildman–Crippen LogP) is 2.90. The fourth-order valence-corrected chi connectivity index (χ4v) is 2.27. The van der Waals surface area contributed by atoms with Crippen LogP contribution < -0.4 is 6.15 Å². The number of unbranched alkanes of at least 4 members (excludes halogenated alkanes) is 1. The molecule has 8 heteroatoms. The fourth-order valence-electron chi connectivity index (χ4n) is 2.27. The van der Waals surface area contributed by atoms with Crippen molar-refractivity contribution < 1.29 is 52.3 Å². The molecule has 129 valence electrons. The van der Waals surface area contributed by atoms with Crippen LogP contribution in [0, 0.1) is 0 Å². The first-order valence-corrected chi connectivity index (χ1v) is 7.64. The van der Waals surface area contributed by atoms with Crippen LogP contribution in [0.15, 0.2) is 0 Å². The van der Waals surface area contributed by atoms with Gasteiger partial charge in [-0.05, 0) is 38.8 Å². The zero-order chi connectivity index (χ0) is 14.6. The molecule has 1 saturated heterocycles. The molecule has 0 amide bonds. The van der Waals surface area contributed by atoms with Gasteiger partial charge in [0.05, 0.1) is 0 Å². The van der Waals surface area contributed by atoms with Gasteiger partial charge in [0.1, 0.15) is 0 Å². The second kappa shape index (κ2) is 16.2. The van der Waals surface area contributed by atoms with Crippen LogP contribution in [-0.2, 0) is 47.2 Å². The Balaban J connectivity index is 0. The number of carbonyl (C=O) groups is 1. The van der Waals surface area contributed by atoms with E-state index in [0.717, 1.165) is 38.9 Å². The number of likely N-dealkylation sites (tertiary alicyclic amines) is 1. The molecule has 1 aliphatic heterocycles. The van der Waals surface area contributed by atoms with Gasteiger partial charge in [-0.2, -0.15) is 0 Å².